The van der Waals surface area contributed by atoms with Crippen molar-refractivity contribution >= 4 is 5.91 Å². The predicted molar refractivity (Wildman–Crippen MR) is 72.1 cm³/mol. The molecule has 2 aliphatic carbocycles. The van der Waals surface area contributed by atoms with Gasteiger partial charge in [-0.1, -0.05) is 39.0 Å². The van der Waals surface area contributed by atoms with Gasteiger partial charge in [-0.05, 0) is 37.3 Å². The molecule has 0 aromatic heterocycles. The maximum atomic E-state index is 12.1. The Bertz CT molecular complexity index is 308. The van der Waals surface area contributed by atoms with Crippen molar-refractivity contribution in [1.82, 2.24) is 10.6 Å². The Balaban J connectivity index is 1.42. The molecule has 18 heavy (non-hydrogen) atoms. The Labute approximate surface area is 110 Å². The number of amides is 1. The Kier molecular flexibility index (Phi) is 3.60. The van der Waals surface area contributed by atoms with Crippen LogP contribution in [0.15, 0.2) is 0 Å². The molecule has 0 spiro atoms. The Morgan fingerprint density at radius 1 is 1.22 bits per heavy atom. The first-order chi connectivity index (χ1) is 8.75. The SMILES string of the molecule is CC(C(=O)NC1CC1C1CCCCC1)C1CNC1. The molecule has 102 valence electrons. The van der Waals surface area contributed by atoms with Crippen LogP contribution in [0.4, 0.5) is 0 Å². The highest BCUT2D eigenvalue weighted by atomic mass is 16.2. The molecule has 3 fully saturated rings. The van der Waals surface area contributed by atoms with E-state index in [0.29, 0.717) is 17.9 Å². The summed E-state index contributed by atoms with van der Waals surface area (Å²) in [5, 5.41) is 6.53. The fourth-order valence-corrected chi connectivity index (χ4v) is 3.66. The highest BCUT2D eigenvalue weighted by Gasteiger charge is 2.44. The fourth-order valence-electron chi connectivity index (χ4n) is 3.66. The molecule has 0 aromatic rings. The van der Waals surface area contributed by atoms with Crippen LogP contribution in [-0.4, -0.2) is 25.0 Å². The van der Waals surface area contributed by atoms with Crippen LogP contribution in [0.1, 0.15) is 45.4 Å². The summed E-state index contributed by atoms with van der Waals surface area (Å²) in [5.74, 6) is 2.77. The van der Waals surface area contributed by atoms with Crippen LogP contribution < -0.4 is 10.6 Å². The van der Waals surface area contributed by atoms with Crippen molar-refractivity contribution in [1.29, 1.82) is 0 Å². The molecule has 0 radical (unpaired) electrons. The maximum Gasteiger partial charge on any atom is 0.223 e. The number of hydrogen-bond donors (Lipinski definition) is 2. The molecular formula is C15H26N2O. The second-order valence-electron chi connectivity index (χ2n) is 6.62. The number of nitrogens with one attached hydrogen (secondary N) is 2. The fraction of sp³-hybridized carbons (Fsp3) is 0.933. The predicted octanol–water partition coefficient (Wildman–Crippen LogP) is 1.93. The molecule has 1 amide bonds. The zero-order valence-electron chi connectivity index (χ0n) is 11.5. The first-order valence-electron chi connectivity index (χ1n) is 7.77. The summed E-state index contributed by atoms with van der Waals surface area (Å²) >= 11 is 0. The van der Waals surface area contributed by atoms with E-state index in [9.17, 15) is 4.79 Å². The molecule has 3 atom stereocenters. The Morgan fingerprint density at radius 3 is 2.56 bits per heavy atom. The smallest absolute Gasteiger partial charge is 0.223 e. The van der Waals surface area contributed by atoms with Crippen LogP contribution in [-0.2, 0) is 4.79 Å². The first-order valence-corrected chi connectivity index (χ1v) is 7.77. The van der Waals surface area contributed by atoms with Crippen LogP contribution in [0.5, 0.6) is 0 Å². The van der Waals surface area contributed by atoms with Gasteiger partial charge in [-0.3, -0.25) is 4.79 Å². The van der Waals surface area contributed by atoms with Crippen molar-refractivity contribution in [2.45, 2.75) is 51.5 Å². The average Bonchev–Trinajstić information content (AvgIpc) is 3.07. The molecule has 1 saturated heterocycles. The lowest BCUT2D eigenvalue weighted by Gasteiger charge is -2.32. The molecule has 0 bridgehead atoms. The van der Waals surface area contributed by atoms with Crippen LogP contribution in [0.3, 0.4) is 0 Å². The third-order valence-corrected chi connectivity index (χ3v) is 5.36. The van der Waals surface area contributed by atoms with Crippen LogP contribution >= 0.6 is 0 Å². The van der Waals surface area contributed by atoms with E-state index in [4.69, 9.17) is 0 Å². The third-order valence-electron chi connectivity index (χ3n) is 5.36. The summed E-state index contributed by atoms with van der Waals surface area (Å²) in [6.45, 7) is 4.12. The third kappa shape index (κ3) is 2.56. The quantitative estimate of drug-likeness (QED) is 0.800. The summed E-state index contributed by atoms with van der Waals surface area (Å²) in [7, 11) is 0. The van der Waals surface area contributed by atoms with E-state index in [0.717, 1.165) is 24.9 Å². The zero-order chi connectivity index (χ0) is 12.5. The van der Waals surface area contributed by atoms with Crippen molar-refractivity contribution in [3.05, 3.63) is 0 Å². The van der Waals surface area contributed by atoms with Gasteiger partial charge >= 0.3 is 0 Å². The highest BCUT2D eigenvalue weighted by molar-refractivity contribution is 5.79. The lowest BCUT2D eigenvalue weighted by atomic mass is 9.85. The van der Waals surface area contributed by atoms with Gasteiger partial charge in [-0.2, -0.15) is 0 Å². The van der Waals surface area contributed by atoms with Crippen LogP contribution in [0.25, 0.3) is 0 Å². The van der Waals surface area contributed by atoms with E-state index in [1.54, 1.807) is 0 Å². The Morgan fingerprint density at radius 2 is 1.94 bits per heavy atom. The van der Waals surface area contributed by atoms with Crippen molar-refractivity contribution in [2.24, 2.45) is 23.7 Å². The maximum absolute atomic E-state index is 12.1. The topological polar surface area (TPSA) is 41.1 Å². The van der Waals surface area contributed by atoms with Gasteiger partial charge in [-0.25, -0.2) is 0 Å². The van der Waals surface area contributed by atoms with Gasteiger partial charge in [0.2, 0.25) is 5.91 Å². The number of carbonyl (C=O) groups is 1. The van der Waals surface area contributed by atoms with Gasteiger partial charge in [0, 0.05) is 12.0 Å². The van der Waals surface area contributed by atoms with Gasteiger partial charge in [0.1, 0.15) is 0 Å². The van der Waals surface area contributed by atoms with E-state index in [1.165, 1.54) is 38.5 Å². The van der Waals surface area contributed by atoms with Gasteiger partial charge in [0.15, 0.2) is 0 Å². The summed E-state index contributed by atoms with van der Waals surface area (Å²) in [6.07, 6.45) is 8.29. The van der Waals surface area contributed by atoms with Gasteiger partial charge < -0.3 is 10.6 Å². The number of rotatable bonds is 4. The highest BCUT2D eigenvalue weighted by Crippen LogP contribution is 2.44. The molecule has 3 nitrogen and oxygen atoms in total. The average molecular weight is 250 g/mol. The first kappa shape index (κ1) is 12.5. The van der Waals surface area contributed by atoms with E-state index < -0.39 is 0 Å². The summed E-state index contributed by atoms with van der Waals surface area (Å²) in [4.78, 5) is 12.1. The standard InChI is InChI=1S/C15H26N2O/c1-10(12-8-16-9-12)15(18)17-14-7-13(14)11-5-3-2-4-6-11/h10-14,16H,2-9H2,1H3,(H,17,18). The number of hydrogen-bond acceptors (Lipinski definition) is 2. The second kappa shape index (κ2) is 5.20. The molecule has 2 N–H and O–H groups in total. The molecule has 3 aliphatic rings. The summed E-state index contributed by atoms with van der Waals surface area (Å²) in [6, 6.07) is 0.510. The van der Waals surface area contributed by atoms with E-state index in [2.05, 4.69) is 17.6 Å². The van der Waals surface area contributed by atoms with Crippen molar-refractivity contribution in [3.63, 3.8) is 0 Å². The van der Waals surface area contributed by atoms with Gasteiger partial charge in [0.05, 0.1) is 0 Å². The Hall–Kier alpha value is -0.570. The van der Waals surface area contributed by atoms with E-state index in [-0.39, 0.29) is 5.92 Å². The lowest BCUT2D eigenvalue weighted by Crippen LogP contribution is -2.50. The van der Waals surface area contributed by atoms with Crippen LogP contribution in [0, 0.1) is 23.7 Å². The monoisotopic (exact) mass is 250 g/mol. The number of carbonyl (C=O) groups excluding carboxylic acids is 1. The molecule has 3 rings (SSSR count). The van der Waals surface area contributed by atoms with Crippen molar-refractivity contribution < 1.29 is 4.79 Å². The minimum Gasteiger partial charge on any atom is -0.353 e. The second-order valence-corrected chi connectivity index (χ2v) is 6.62. The van der Waals surface area contributed by atoms with Gasteiger partial charge in [-0.15, -0.1) is 0 Å². The summed E-state index contributed by atoms with van der Waals surface area (Å²) < 4.78 is 0. The van der Waals surface area contributed by atoms with E-state index in [1.807, 2.05) is 0 Å². The molecule has 1 aliphatic heterocycles. The molecule has 3 unspecified atom stereocenters. The molecule has 3 heteroatoms. The minimum atomic E-state index is 0.193. The molecule has 0 aromatic carbocycles. The largest absolute Gasteiger partial charge is 0.353 e. The van der Waals surface area contributed by atoms with Gasteiger partial charge in [0.25, 0.3) is 0 Å². The molecular weight excluding hydrogens is 224 g/mol. The minimum absolute atomic E-state index is 0.193. The zero-order valence-corrected chi connectivity index (χ0v) is 11.5. The normalized spacial score (nSPS) is 34.7. The summed E-state index contributed by atoms with van der Waals surface area (Å²) in [5.41, 5.74) is 0. The molecule has 2 saturated carbocycles. The van der Waals surface area contributed by atoms with Crippen molar-refractivity contribution in [3.8, 4) is 0 Å². The lowest BCUT2D eigenvalue weighted by molar-refractivity contribution is -0.126. The molecule has 1 heterocycles. The van der Waals surface area contributed by atoms with E-state index >= 15 is 0 Å². The van der Waals surface area contributed by atoms with Crippen molar-refractivity contribution in [2.75, 3.05) is 13.1 Å². The van der Waals surface area contributed by atoms with Crippen LogP contribution in [0.2, 0.25) is 0 Å².